The molecule has 1 aliphatic heterocycles. The second-order valence-corrected chi connectivity index (χ2v) is 4.61. The Balaban J connectivity index is 2.66. The number of likely N-dealkylation sites (tertiary alicyclic amines) is 1. The topological polar surface area (TPSA) is 46.3 Å². The van der Waals surface area contributed by atoms with E-state index in [2.05, 4.69) is 20.8 Å². The van der Waals surface area contributed by atoms with Crippen molar-refractivity contribution < 1.29 is 4.79 Å². The molecule has 2 N–H and O–H groups in total. The van der Waals surface area contributed by atoms with E-state index in [1.807, 2.05) is 4.90 Å². The van der Waals surface area contributed by atoms with Gasteiger partial charge in [-0.3, -0.25) is 4.79 Å². The number of nitrogens with two attached hydrogens (primary N) is 1. The molecule has 0 spiro atoms. The van der Waals surface area contributed by atoms with Crippen molar-refractivity contribution in [2.45, 2.75) is 46.1 Å². The normalized spacial score (nSPS) is 26.3. The first-order valence-electron chi connectivity index (χ1n) is 6.16. The highest BCUT2D eigenvalue weighted by Gasteiger charge is 2.35. The van der Waals surface area contributed by atoms with Crippen molar-refractivity contribution in [3.8, 4) is 0 Å². The van der Waals surface area contributed by atoms with E-state index in [0.29, 0.717) is 18.4 Å². The van der Waals surface area contributed by atoms with E-state index < -0.39 is 0 Å². The van der Waals surface area contributed by atoms with Crippen LogP contribution in [0.25, 0.3) is 0 Å². The molecule has 88 valence electrons. The fraction of sp³-hybridized carbons (Fsp3) is 0.917. The van der Waals surface area contributed by atoms with Crippen LogP contribution in [0.4, 0.5) is 0 Å². The van der Waals surface area contributed by atoms with Crippen molar-refractivity contribution in [3.63, 3.8) is 0 Å². The first-order valence-corrected chi connectivity index (χ1v) is 6.16. The molecule has 0 bridgehead atoms. The summed E-state index contributed by atoms with van der Waals surface area (Å²) in [6.45, 7) is 7.87. The molecule has 0 aromatic heterocycles. The van der Waals surface area contributed by atoms with Crippen molar-refractivity contribution in [2.24, 2.45) is 17.6 Å². The van der Waals surface area contributed by atoms with Crippen LogP contribution in [0, 0.1) is 11.8 Å². The quantitative estimate of drug-likeness (QED) is 0.769. The Morgan fingerprint density at radius 2 is 2.07 bits per heavy atom. The van der Waals surface area contributed by atoms with Crippen LogP contribution < -0.4 is 5.73 Å². The first kappa shape index (κ1) is 12.5. The van der Waals surface area contributed by atoms with Gasteiger partial charge in [-0.1, -0.05) is 20.8 Å². The van der Waals surface area contributed by atoms with Gasteiger partial charge in [-0.05, 0) is 25.2 Å². The molecule has 1 amide bonds. The molecule has 2 atom stereocenters. The summed E-state index contributed by atoms with van der Waals surface area (Å²) < 4.78 is 0. The molecule has 0 saturated carbocycles. The van der Waals surface area contributed by atoms with Gasteiger partial charge in [0.1, 0.15) is 0 Å². The highest BCUT2D eigenvalue weighted by molar-refractivity contribution is 5.79. The Bertz CT molecular complexity index is 214. The highest BCUT2D eigenvalue weighted by Crippen LogP contribution is 2.26. The molecule has 1 fully saturated rings. The van der Waals surface area contributed by atoms with Gasteiger partial charge in [-0.15, -0.1) is 0 Å². The number of carbonyl (C=O) groups excluding carboxylic acids is 1. The van der Waals surface area contributed by atoms with Gasteiger partial charge in [0.2, 0.25) is 5.91 Å². The molecule has 0 aromatic rings. The lowest BCUT2D eigenvalue weighted by molar-refractivity contribution is -0.136. The van der Waals surface area contributed by atoms with Crippen LogP contribution in [-0.2, 0) is 4.79 Å². The molecule has 3 heteroatoms. The fourth-order valence-electron chi connectivity index (χ4n) is 2.51. The zero-order valence-electron chi connectivity index (χ0n) is 10.2. The minimum atomic E-state index is 0.198. The van der Waals surface area contributed by atoms with Gasteiger partial charge in [-0.25, -0.2) is 0 Å². The third kappa shape index (κ3) is 2.51. The predicted octanol–water partition coefficient (Wildman–Crippen LogP) is 1.62. The fourth-order valence-corrected chi connectivity index (χ4v) is 2.51. The molecular weight excluding hydrogens is 188 g/mol. The summed E-state index contributed by atoms with van der Waals surface area (Å²) in [5, 5.41) is 0. The summed E-state index contributed by atoms with van der Waals surface area (Å²) >= 11 is 0. The Morgan fingerprint density at radius 1 is 1.47 bits per heavy atom. The van der Waals surface area contributed by atoms with Crippen molar-refractivity contribution in [2.75, 3.05) is 13.1 Å². The number of nitrogens with zero attached hydrogens (tertiary/aromatic N) is 1. The monoisotopic (exact) mass is 212 g/mol. The zero-order chi connectivity index (χ0) is 11.4. The van der Waals surface area contributed by atoms with Crippen LogP contribution in [-0.4, -0.2) is 29.9 Å². The summed E-state index contributed by atoms with van der Waals surface area (Å²) in [4.78, 5) is 14.2. The lowest BCUT2D eigenvalue weighted by Crippen LogP contribution is -2.44. The average Bonchev–Trinajstić information content (AvgIpc) is 2.61. The van der Waals surface area contributed by atoms with Crippen LogP contribution in [0.15, 0.2) is 0 Å². The van der Waals surface area contributed by atoms with E-state index >= 15 is 0 Å². The molecule has 3 nitrogen and oxygen atoms in total. The summed E-state index contributed by atoms with van der Waals surface area (Å²) in [7, 11) is 0. The standard InChI is InChI=1S/C12H24N2O/c1-4-10(5-2)12(15)14-7-6-9(3)11(14)8-13/h9-11H,4-8,13H2,1-3H3. The van der Waals surface area contributed by atoms with Gasteiger partial charge in [0.05, 0.1) is 0 Å². The maximum atomic E-state index is 12.2. The van der Waals surface area contributed by atoms with E-state index in [9.17, 15) is 4.79 Å². The Labute approximate surface area is 93.0 Å². The average molecular weight is 212 g/mol. The highest BCUT2D eigenvalue weighted by atomic mass is 16.2. The van der Waals surface area contributed by atoms with Crippen molar-refractivity contribution in [1.82, 2.24) is 4.90 Å². The van der Waals surface area contributed by atoms with Gasteiger partial charge in [0.25, 0.3) is 0 Å². The molecule has 1 heterocycles. The first-order chi connectivity index (χ1) is 7.15. The van der Waals surface area contributed by atoms with Crippen molar-refractivity contribution in [1.29, 1.82) is 0 Å². The lowest BCUT2D eigenvalue weighted by Gasteiger charge is -2.28. The van der Waals surface area contributed by atoms with Gasteiger partial charge in [-0.2, -0.15) is 0 Å². The molecule has 15 heavy (non-hydrogen) atoms. The second-order valence-electron chi connectivity index (χ2n) is 4.61. The summed E-state index contributed by atoms with van der Waals surface area (Å²) in [5.41, 5.74) is 5.74. The Kier molecular flexibility index (Phi) is 4.58. The van der Waals surface area contributed by atoms with Crippen LogP contribution in [0.5, 0.6) is 0 Å². The van der Waals surface area contributed by atoms with Crippen LogP contribution >= 0.6 is 0 Å². The number of hydrogen-bond acceptors (Lipinski definition) is 2. The van der Waals surface area contributed by atoms with E-state index in [-0.39, 0.29) is 12.0 Å². The number of carbonyl (C=O) groups is 1. The minimum Gasteiger partial charge on any atom is -0.338 e. The van der Waals surface area contributed by atoms with Crippen molar-refractivity contribution >= 4 is 5.91 Å². The zero-order valence-corrected chi connectivity index (χ0v) is 10.2. The maximum Gasteiger partial charge on any atom is 0.225 e. The number of hydrogen-bond donors (Lipinski definition) is 1. The molecule has 1 aliphatic rings. The number of rotatable bonds is 4. The minimum absolute atomic E-state index is 0.198. The number of amides is 1. The van der Waals surface area contributed by atoms with E-state index in [1.54, 1.807) is 0 Å². The maximum absolute atomic E-state index is 12.2. The Hall–Kier alpha value is -0.570. The van der Waals surface area contributed by atoms with E-state index in [1.165, 1.54) is 0 Å². The second kappa shape index (κ2) is 5.50. The van der Waals surface area contributed by atoms with Gasteiger partial charge < -0.3 is 10.6 Å². The summed E-state index contributed by atoms with van der Waals surface area (Å²) in [6.07, 6.45) is 2.99. The SMILES string of the molecule is CCC(CC)C(=O)N1CCC(C)C1CN. The molecule has 0 aliphatic carbocycles. The van der Waals surface area contributed by atoms with Gasteiger partial charge in [0, 0.05) is 25.0 Å². The smallest absolute Gasteiger partial charge is 0.225 e. The molecule has 0 aromatic carbocycles. The third-order valence-corrected chi connectivity index (χ3v) is 3.74. The summed E-state index contributed by atoms with van der Waals surface area (Å²) in [6, 6.07) is 0.276. The van der Waals surface area contributed by atoms with Crippen LogP contribution in [0.3, 0.4) is 0 Å². The molecule has 1 rings (SSSR count). The van der Waals surface area contributed by atoms with Crippen LogP contribution in [0.2, 0.25) is 0 Å². The van der Waals surface area contributed by atoms with Gasteiger partial charge >= 0.3 is 0 Å². The van der Waals surface area contributed by atoms with E-state index in [4.69, 9.17) is 5.73 Å². The van der Waals surface area contributed by atoms with E-state index in [0.717, 1.165) is 25.8 Å². The Morgan fingerprint density at radius 3 is 2.53 bits per heavy atom. The largest absolute Gasteiger partial charge is 0.338 e. The van der Waals surface area contributed by atoms with Crippen molar-refractivity contribution in [3.05, 3.63) is 0 Å². The molecule has 0 radical (unpaired) electrons. The molecule has 2 unspecified atom stereocenters. The van der Waals surface area contributed by atoms with Gasteiger partial charge in [0.15, 0.2) is 0 Å². The van der Waals surface area contributed by atoms with Crippen LogP contribution in [0.1, 0.15) is 40.0 Å². The third-order valence-electron chi connectivity index (χ3n) is 3.74. The molecule has 1 saturated heterocycles. The molecular formula is C12H24N2O. The predicted molar refractivity (Wildman–Crippen MR) is 62.4 cm³/mol. The lowest BCUT2D eigenvalue weighted by atomic mass is 9.99. The summed E-state index contributed by atoms with van der Waals surface area (Å²) in [5.74, 6) is 1.08.